The quantitative estimate of drug-likeness (QED) is 0.612. The van der Waals surface area contributed by atoms with Gasteiger partial charge in [-0.1, -0.05) is 6.92 Å². The van der Waals surface area contributed by atoms with Gasteiger partial charge < -0.3 is 5.32 Å². The van der Waals surface area contributed by atoms with Gasteiger partial charge in [0.05, 0.1) is 6.20 Å². The van der Waals surface area contributed by atoms with Crippen LogP contribution >= 0.6 is 0 Å². The van der Waals surface area contributed by atoms with Crippen molar-refractivity contribution >= 4 is 5.82 Å². The third-order valence-corrected chi connectivity index (χ3v) is 3.83. The Bertz CT molecular complexity index is 568. The van der Waals surface area contributed by atoms with E-state index in [0.717, 1.165) is 19.3 Å². The molecule has 2 unspecified atom stereocenters. The summed E-state index contributed by atoms with van der Waals surface area (Å²) in [6.07, 6.45) is 4.75. The average molecular weight is 230 g/mol. The Labute approximate surface area is 98.8 Å². The van der Waals surface area contributed by atoms with Gasteiger partial charge in [0.25, 0.3) is 0 Å². The molecule has 0 amide bonds. The van der Waals surface area contributed by atoms with Gasteiger partial charge >= 0.3 is 0 Å². The van der Waals surface area contributed by atoms with Crippen LogP contribution in [0.5, 0.6) is 0 Å². The zero-order valence-electron chi connectivity index (χ0n) is 9.62. The Morgan fingerprint density at radius 1 is 1.71 bits per heavy atom. The van der Waals surface area contributed by atoms with E-state index in [-0.39, 0.29) is 11.3 Å². The minimum absolute atomic E-state index is 0.127. The summed E-state index contributed by atoms with van der Waals surface area (Å²) in [6, 6.07) is 2.11. The predicted octanol–water partition coefficient (Wildman–Crippen LogP) is 0.720. The fraction of sp³-hybridized carbons (Fsp3) is 0.545. The van der Waals surface area contributed by atoms with Crippen LogP contribution in [0.25, 0.3) is 0 Å². The molecule has 0 radical (unpaired) electrons. The highest BCUT2D eigenvalue weighted by Gasteiger charge is 2.45. The second-order valence-corrected chi connectivity index (χ2v) is 4.79. The number of nitrogens with one attached hydrogen (secondary N) is 3. The molecule has 6 heteroatoms. The van der Waals surface area contributed by atoms with Gasteiger partial charge in [-0.25, -0.2) is 9.66 Å². The van der Waals surface area contributed by atoms with Gasteiger partial charge in [-0.2, -0.15) is 5.26 Å². The van der Waals surface area contributed by atoms with E-state index in [0.29, 0.717) is 17.3 Å². The first-order valence-electron chi connectivity index (χ1n) is 5.79. The summed E-state index contributed by atoms with van der Waals surface area (Å²) < 4.78 is 1.58. The van der Waals surface area contributed by atoms with Gasteiger partial charge in [0.2, 0.25) is 5.62 Å². The van der Waals surface area contributed by atoms with E-state index < -0.39 is 0 Å². The van der Waals surface area contributed by atoms with Gasteiger partial charge in [0, 0.05) is 0 Å². The van der Waals surface area contributed by atoms with Crippen molar-refractivity contribution in [2.75, 3.05) is 10.7 Å². The van der Waals surface area contributed by atoms with E-state index >= 15 is 0 Å². The van der Waals surface area contributed by atoms with Crippen molar-refractivity contribution in [1.82, 2.24) is 9.66 Å². The number of fused-ring (bicyclic) bond motifs is 1. The second-order valence-electron chi connectivity index (χ2n) is 4.79. The minimum atomic E-state index is -0.211. The fourth-order valence-corrected chi connectivity index (χ4v) is 2.76. The lowest BCUT2D eigenvalue weighted by molar-refractivity contribution is 0.408. The SMILES string of the molecule is CC1CCCC12Nc1c(C#N)cnc(=N)n1N2. The normalized spacial score (nSPS) is 29.5. The van der Waals surface area contributed by atoms with E-state index in [4.69, 9.17) is 10.7 Å². The summed E-state index contributed by atoms with van der Waals surface area (Å²) in [7, 11) is 0. The first-order valence-corrected chi connectivity index (χ1v) is 5.79. The molecule has 1 aliphatic heterocycles. The van der Waals surface area contributed by atoms with Crippen LogP contribution in [0, 0.1) is 22.7 Å². The minimum Gasteiger partial charge on any atom is -0.345 e. The van der Waals surface area contributed by atoms with Crippen LogP contribution in [0.15, 0.2) is 6.20 Å². The van der Waals surface area contributed by atoms with Crippen LogP contribution in [0.3, 0.4) is 0 Å². The Balaban J connectivity index is 2.12. The third kappa shape index (κ3) is 1.25. The van der Waals surface area contributed by atoms with Crippen LogP contribution in [-0.2, 0) is 0 Å². The molecule has 1 spiro atoms. The van der Waals surface area contributed by atoms with E-state index in [1.54, 1.807) is 4.68 Å². The highest BCUT2D eigenvalue weighted by molar-refractivity contribution is 5.57. The second kappa shape index (κ2) is 3.23. The number of hydrogen-bond donors (Lipinski definition) is 3. The van der Waals surface area contributed by atoms with Crippen molar-refractivity contribution in [2.45, 2.75) is 31.8 Å². The summed E-state index contributed by atoms with van der Waals surface area (Å²) in [5.41, 5.74) is 3.70. The molecule has 3 rings (SSSR count). The molecular weight excluding hydrogens is 216 g/mol. The lowest BCUT2D eigenvalue weighted by Crippen LogP contribution is -2.47. The molecule has 0 aromatic carbocycles. The van der Waals surface area contributed by atoms with Crippen LogP contribution in [0.2, 0.25) is 0 Å². The van der Waals surface area contributed by atoms with Crippen LogP contribution in [0.4, 0.5) is 5.82 Å². The first-order chi connectivity index (χ1) is 8.16. The number of aromatic nitrogens is 2. The van der Waals surface area contributed by atoms with Crippen molar-refractivity contribution in [3.05, 3.63) is 17.4 Å². The molecule has 2 aliphatic rings. The van der Waals surface area contributed by atoms with E-state index in [9.17, 15) is 0 Å². The molecular formula is C11H14N6. The van der Waals surface area contributed by atoms with Gasteiger partial charge in [0.15, 0.2) is 0 Å². The predicted molar refractivity (Wildman–Crippen MR) is 61.5 cm³/mol. The van der Waals surface area contributed by atoms with E-state index in [2.05, 4.69) is 28.7 Å². The third-order valence-electron chi connectivity index (χ3n) is 3.83. The molecule has 1 fully saturated rings. The molecule has 3 N–H and O–H groups in total. The molecule has 0 bridgehead atoms. The maximum absolute atomic E-state index is 9.06. The zero-order valence-corrected chi connectivity index (χ0v) is 9.62. The number of nitriles is 1. The number of nitrogens with zero attached hydrogens (tertiary/aromatic N) is 3. The Hall–Kier alpha value is -2.03. The van der Waals surface area contributed by atoms with E-state index in [1.807, 2.05) is 0 Å². The lowest BCUT2D eigenvalue weighted by Gasteiger charge is -2.29. The lowest BCUT2D eigenvalue weighted by atomic mass is 9.99. The van der Waals surface area contributed by atoms with Gasteiger partial charge in [-0.3, -0.25) is 10.8 Å². The van der Waals surface area contributed by atoms with Crippen molar-refractivity contribution in [1.29, 1.82) is 10.7 Å². The van der Waals surface area contributed by atoms with E-state index in [1.165, 1.54) is 6.20 Å². The summed E-state index contributed by atoms with van der Waals surface area (Å²) in [4.78, 5) is 3.91. The maximum Gasteiger partial charge on any atom is 0.242 e. The van der Waals surface area contributed by atoms with Crippen molar-refractivity contribution in [3.8, 4) is 6.07 Å². The standard InChI is InChI=1S/C11H14N6/c1-7-3-2-4-11(7)15-9-8(5-12)6-14-10(13)17(9)16-11/h6-7,13,15-16H,2-4H2,1H3. The Morgan fingerprint density at radius 3 is 3.18 bits per heavy atom. The largest absolute Gasteiger partial charge is 0.345 e. The molecule has 1 aromatic heterocycles. The summed E-state index contributed by atoms with van der Waals surface area (Å²) in [5.74, 6) is 1.13. The Kier molecular flexibility index (Phi) is 1.93. The molecule has 6 nitrogen and oxygen atoms in total. The summed E-state index contributed by atoms with van der Waals surface area (Å²) >= 11 is 0. The van der Waals surface area contributed by atoms with Crippen LogP contribution in [-0.4, -0.2) is 15.3 Å². The molecule has 2 atom stereocenters. The fourth-order valence-electron chi connectivity index (χ4n) is 2.76. The van der Waals surface area contributed by atoms with Crippen LogP contribution in [0.1, 0.15) is 31.7 Å². The monoisotopic (exact) mass is 230 g/mol. The molecule has 17 heavy (non-hydrogen) atoms. The first kappa shape index (κ1) is 10.1. The molecule has 2 heterocycles. The van der Waals surface area contributed by atoms with Gasteiger partial charge in [-0.15, -0.1) is 0 Å². The molecule has 0 saturated heterocycles. The van der Waals surface area contributed by atoms with Gasteiger partial charge in [0.1, 0.15) is 23.1 Å². The zero-order chi connectivity index (χ0) is 12.0. The summed E-state index contributed by atoms with van der Waals surface area (Å²) in [5, 5.41) is 20.2. The highest BCUT2D eigenvalue weighted by Crippen LogP contribution is 2.40. The van der Waals surface area contributed by atoms with Crippen molar-refractivity contribution in [3.63, 3.8) is 0 Å². The smallest absolute Gasteiger partial charge is 0.242 e. The number of anilines is 1. The molecule has 88 valence electrons. The number of hydrogen-bond acceptors (Lipinski definition) is 5. The topological polar surface area (TPSA) is 89.5 Å². The Morgan fingerprint density at radius 2 is 2.53 bits per heavy atom. The molecule has 1 aromatic rings. The molecule has 1 saturated carbocycles. The maximum atomic E-state index is 9.06. The average Bonchev–Trinajstić information content (AvgIpc) is 2.86. The summed E-state index contributed by atoms with van der Waals surface area (Å²) in [6.45, 7) is 2.18. The van der Waals surface area contributed by atoms with Gasteiger partial charge in [-0.05, 0) is 25.2 Å². The molecule has 1 aliphatic carbocycles. The highest BCUT2D eigenvalue weighted by atomic mass is 15.6. The van der Waals surface area contributed by atoms with Crippen molar-refractivity contribution in [2.24, 2.45) is 5.92 Å². The number of rotatable bonds is 0. The van der Waals surface area contributed by atoms with Crippen LogP contribution < -0.4 is 16.4 Å². The van der Waals surface area contributed by atoms with Crippen molar-refractivity contribution < 1.29 is 0 Å².